The summed E-state index contributed by atoms with van der Waals surface area (Å²) in [6, 6.07) is 7.87. The van der Waals surface area contributed by atoms with Crippen molar-refractivity contribution in [2.75, 3.05) is 19.8 Å². The van der Waals surface area contributed by atoms with Crippen LogP contribution in [0.3, 0.4) is 0 Å². The molecule has 1 aliphatic heterocycles. The van der Waals surface area contributed by atoms with Gasteiger partial charge in [0.15, 0.2) is 0 Å². The number of ether oxygens (including phenoxy) is 3. The van der Waals surface area contributed by atoms with E-state index >= 15 is 0 Å². The fraction of sp³-hybridized carbons (Fsp3) is 0.600. The third-order valence-electron chi connectivity index (χ3n) is 6.19. The lowest BCUT2D eigenvalue weighted by atomic mass is 9.73. The van der Waals surface area contributed by atoms with Crippen LogP contribution in [-0.2, 0) is 9.47 Å². The molecule has 3 nitrogen and oxygen atoms in total. The van der Waals surface area contributed by atoms with Gasteiger partial charge in [-0.15, -0.1) is 6.58 Å². The summed E-state index contributed by atoms with van der Waals surface area (Å²) in [4.78, 5) is 0. The Morgan fingerprint density at radius 2 is 1.86 bits per heavy atom. The minimum atomic E-state index is -0.135. The number of rotatable bonds is 6. The third-order valence-corrected chi connectivity index (χ3v) is 6.19. The Morgan fingerprint density at radius 3 is 2.43 bits per heavy atom. The van der Waals surface area contributed by atoms with Gasteiger partial charge in [-0.2, -0.15) is 0 Å². The number of hydrogen-bond donors (Lipinski definition) is 0. The van der Waals surface area contributed by atoms with Gasteiger partial charge in [-0.05, 0) is 81.0 Å². The van der Waals surface area contributed by atoms with Crippen molar-refractivity contribution < 1.29 is 14.2 Å². The normalized spacial score (nSPS) is 28.6. The molecule has 1 aromatic carbocycles. The Kier molecular flexibility index (Phi) is 8.01. The second-order valence-electron chi connectivity index (χ2n) is 7.90. The van der Waals surface area contributed by atoms with Crippen LogP contribution >= 0.6 is 0 Å². The molecule has 1 saturated carbocycles. The van der Waals surface area contributed by atoms with Gasteiger partial charge in [0.25, 0.3) is 0 Å². The smallest absolute Gasteiger partial charge is 0.141 e. The maximum Gasteiger partial charge on any atom is 0.141 e. The molecule has 0 amide bonds. The fourth-order valence-electron chi connectivity index (χ4n) is 4.48. The first-order valence-electron chi connectivity index (χ1n) is 10.8. The van der Waals surface area contributed by atoms with Crippen molar-refractivity contribution in [1.29, 1.82) is 0 Å². The highest BCUT2D eigenvalue weighted by Gasteiger charge is 2.33. The molecule has 2 aliphatic rings. The minimum absolute atomic E-state index is 0.135. The number of allylic oxidation sites excluding steroid dienone is 1. The van der Waals surface area contributed by atoms with Crippen LogP contribution in [0.5, 0.6) is 5.75 Å². The molecule has 0 bridgehead atoms. The van der Waals surface area contributed by atoms with Crippen LogP contribution in [0.15, 0.2) is 36.9 Å². The summed E-state index contributed by atoms with van der Waals surface area (Å²) < 4.78 is 17.6. The van der Waals surface area contributed by atoms with Crippen LogP contribution < -0.4 is 4.74 Å². The highest BCUT2D eigenvalue weighted by molar-refractivity contribution is 5.38. The molecular weight excluding hydrogens is 348 g/mol. The minimum Gasteiger partial charge on any atom is -0.494 e. The second kappa shape index (κ2) is 10.7. The standard InChI is InChI=1S/C25H34O3/c1-4-20(5-2)21-10-12-22(13-11-21)25-18-27-24(17-28-25)16-9-19-7-14-23(15-8-19)26-6-3/h4,7-8,14-15,20-22,24-25H,1,5-6,10-13,17-18H2,2-3H3. The van der Waals surface area contributed by atoms with E-state index in [-0.39, 0.29) is 12.2 Å². The van der Waals surface area contributed by atoms with Crippen LogP contribution in [0.1, 0.15) is 51.5 Å². The van der Waals surface area contributed by atoms with Gasteiger partial charge in [0.05, 0.1) is 25.9 Å². The van der Waals surface area contributed by atoms with Crippen molar-refractivity contribution >= 4 is 0 Å². The Labute approximate surface area is 170 Å². The van der Waals surface area contributed by atoms with Gasteiger partial charge in [-0.1, -0.05) is 24.8 Å². The van der Waals surface area contributed by atoms with Gasteiger partial charge in [-0.25, -0.2) is 0 Å². The molecule has 28 heavy (non-hydrogen) atoms. The lowest BCUT2D eigenvalue weighted by Crippen LogP contribution is -2.41. The SMILES string of the molecule is C=CC(CC)C1CCC(C2COC(C#Cc3ccc(OCC)cc3)CO2)CC1. The molecule has 3 unspecified atom stereocenters. The van der Waals surface area contributed by atoms with E-state index in [2.05, 4.69) is 31.4 Å². The molecule has 0 radical (unpaired) electrons. The van der Waals surface area contributed by atoms with E-state index in [1.165, 1.54) is 32.1 Å². The Balaban J connectivity index is 1.43. The molecule has 2 fully saturated rings. The van der Waals surface area contributed by atoms with Crippen LogP contribution in [0.2, 0.25) is 0 Å². The molecule has 1 aromatic rings. The van der Waals surface area contributed by atoms with Crippen molar-refractivity contribution in [3.8, 4) is 17.6 Å². The predicted molar refractivity (Wildman–Crippen MR) is 113 cm³/mol. The van der Waals surface area contributed by atoms with Crippen LogP contribution in [0, 0.1) is 29.6 Å². The zero-order valence-corrected chi connectivity index (χ0v) is 17.4. The second-order valence-corrected chi connectivity index (χ2v) is 7.90. The van der Waals surface area contributed by atoms with Crippen LogP contribution in [0.4, 0.5) is 0 Å². The summed E-state index contributed by atoms with van der Waals surface area (Å²) in [5.74, 6) is 9.36. The monoisotopic (exact) mass is 382 g/mol. The van der Waals surface area contributed by atoms with E-state index in [1.807, 2.05) is 31.2 Å². The molecule has 1 heterocycles. The van der Waals surface area contributed by atoms with E-state index in [4.69, 9.17) is 14.2 Å². The first-order chi connectivity index (χ1) is 13.7. The van der Waals surface area contributed by atoms with Crippen molar-refractivity contribution in [2.45, 2.75) is 58.2 Å². The highest BCUT2D eigenvalue weighted by Crippen LogP contribution is 2.37. The summed E-state index contributed by atoms with van der Waals surface area (Å²) in [6.45, 7) is 10.2. The summed E-state index contributed by atoms with van der Waals surface area (Å²) >= 11 is 0. The summed E-state index contributed by atoms with van der Waals surface area (Å²) in [5, 5.41) is 0. The quantitative estimate of drug-likeness (QED) is 0.497. The molecular formula is C25H34O3. The number of benzene rings is 1. The largest absolute Gasteiger partial charge is 0.494 e. The van der Waals surface area contributed by atoms with Gasteiger partial charge in [0, 0.05) is 5.56 Å². The fourth-order valence-corrected chi connectivity index (χ4v) is 4.48. The lowest BCUT2D eigenvalue weighted by Gasteiger charge is -2.38. The topological polar surface area (TPSA) is 27.7 Å². The van der Waals surface area contributed by atoms with Crippen molar-refractivity contribution in [3.05, 3.63) is 42.5 Å². The molecule has 1 saturated heterocycles. The molecule has 152 valence electrons. The van der Waals surface area contributed by atoms with E-state index < -0.39 is 0 Å². The van der Waals surface area contributed by atoms with Crippen LogP contribution in [0.25, 0.3) is 0 Å². The molecule has 3 rings (SSSR count). The molecule has 0 spiro atoms. The van der Waals surface area contributed by atoms with E-state index in [0.29, 0.717) is 31.7 Å². The Bertz CT molecular complexity index is 653. The first kappa shape index (κ1) is 21.0. The van der Waals surface area contributed by atoms with Crippen LogP contribution in [-0.4, -0.2) is 32.0 Å². The average Bonchev–Trinajstić information content (AvgIpc) is 2.75. The van der Waals surface area contributed by atoms with Gasteiger partial charge < -0.3 is 14.2 Å². The molecule has 3 heteroatoms. The molecule has 1 aliphatic carbocycles. The van der Waals surface area contributed by atoms with Gasteiger partial charge in [-0.3, -0.25) is 0 Å². The van der Waals surface area contributed by atoms with E-state index in [1.54, 1.807) is 0 Å². The van der Waals surface area contributed by atoms with Crippen molar-refractivity contribution in [3.63, 3.8) is 0 Å². The Morgan fingerprint density at radius 1 is 1.11 bits per heavy atom. The van der Waals surface area contributed by atoms with Crippen molar-refractivity contribution in [1.82, 2.24) is 0 Å². The number of hydrogen-bond acceptors (Lipinski definition) is 3. The maximum absolute atomic E-state index is 6.15. The van der Waals surface area contributed by atoms with Gasteiger partial charge >= 0.3 is 0 Å². The molecule has 0 aromatic heterocycles. The van der Waals surface area contributed by atoms with Gasteiger partial charge in [0.1, 0.15) is 11.9 Å². The van der Waals surface area contributed by atoms with Gasteiger partial charge in [0.2, 0.25) is 0 Å². The Hall–Kier alpha value is -1.76. The van der Waals surface area contributed by atoms with E-state index in [0.717, 1.165) is 17.2 Å². The van der Waals surface area contributed by atoms with Crippen molar-refractivity contribution in [2.24, 2.45) is 17.8 Å². The predicted octanol–water partition coefficient (Wildman–Crippen LogP) is 5.24. The van der Waals surface area contributed by atoms with E-state index in [9.17, 15) is 0 Å². The molecule has 0 N–H and O–H groups in total. The zero-order valence-electron chi connectivity index (χ0n) is 17.4. The summed E-state index contributed by atoms with van der Waals surface area (Å²) in [6.07, 6.45) is 8.51. The average molecular weight is 383 g/mol. The third kappa shape index (κ3) is 5.63. The zero-order chi connectivity index (χ0) is 19.8. The first-order valence-corrected chi connectivity index (χ1v) is 10.8. The maximum atomic E-state index is 6.15. The summed E-state index contributed by atoms with van der Waals surface area (Å²) in [7, 11) is 0. The highest BCUT2D eigenvalue weighted by atomic mass is 16.6. The summed E-state index contributed by atoms with van der Waals surface area (Å²) in [5.41, 5.74) is 0.972. The lowest BCUT2D eigenvalue weighted by molar-refractivity contribution is -0.138. The molecule has 3 atom stereocenters.